The molecule has 0 aliphatic heterocycles. The number of phenolic OH excluding ortho intramolecular Hbond substituents is 1. The summed E-state index contributed by atoms with van der Waals surface area (Å²) in [5, 5.41) is 14.3. The predicted molar refractivity (Wildman–Crippen MR) is 80.2 cm³/mol. The highest BCUT2D eigenvalue weighted by Crippen LogP contribution is 2.20. The minimum Gasteiger partial charge on any atom is -0.508 e. The van der Waals surface area contributed by atoms with Crippen LogP contribution < -0.4 is 10.6 Å². The highest BCUT2D eigenvalue weighted by atomic mass is 19.1. The third kappa shape index (κ3) is 4.50. The first-order valence-corrected chi connectivity index (χ1v) is 6.69. The van der Waals surface area contributed by atoms with Gasteiger partial charge in [-0.15, -0.1) is 0 Å². The first kappa shape index (κ1) is 16.4. The van der Waals surface area contributed by atoms with E-state index < -0.39 is 23.4 Å². The van der Waals surface area contributed by atoms with Gasteiger partial charge < -0.3 is 15.7 Å². The summed E-state index contributed by atoms with van der Waals surface area (Å²) in [6.45, 7) is 1.32. The number of aryl methyl sites for hydroxylation is 1. The summed E-state index contributed by atoms with van der Waals surface area (Å²) in [6, 6.07) is 6.97. The van der Waals surface area contributed by atoms with Crippen molar-refractivity contribution in [2.45, 2.75) is 6.92 Å². The number of phenols is 1. The molecule has 2 aromatic carbocycles. The summed E-state index contributed by atoms with van der Waals surface area (Å²) < 4.78 is 26.0. The number of carbonyl (C=O) groups is 2. The SMILES string of the molecule is Cc1ccc(NC(=O)CNC(=O)c2cc(F)cc(F)c2)cc1O. The molecule has 2 amide bonds. The van der Waals surface area contributed by atoms with E-state index in [0.717, 1.165) is 12.1 Å². The van der Waals surface area contributed by atoms with Gasteiger partial charge in [-0.05, 0) is 30.7 Å². The number of hydrogen-bond acceptors (Lipinski definition) is 3. The maximum Gasteiger partial charge on any atom is 0.251 e. The molecule has 120 valence electrons. The lowest BCUT2D eigenvalue weighted by Gasteiger charge is -2.08. The zero-order chi connectivity index (χ0) is 17.0. The number of aromatic hydroxyl groups is 1. The maximum atomic E-state index is 13.0. The predicted octanol–water partition coefficient (Wildman–Crippen LogP) is 2.35. The molecule has 0 heterocycles. The molecular formula is C16H14F2N2O3. The molecule has 0 radical (unpaired) electrons. The quantitative estimate of drug-likeness (QED) is 0.809. The number of halogens is 2. The molecule has 0 spiro atoms. The monoisotopic (exact) mass is 320 g/mol. The summed E-state index contributed by atoms with van der Waals surface area (Å²) >= 11 is 0. The van der Waals surface area contributed by atoms with Crippen LogP contribution in [0.15, 0.2) is 36.4 Å². The number of rotatable bonds is 4. The number of anilines is 1. The Labute approximate surface area is 130 Å². The molecule has 0 fully saturated rings. The lowest BCUT2D eigenvalue weighted by molar-refractivity contribution is -0.115. The molecule has 0 aromatic heterocycles. The number of amides is 2. The Bertz CT molecular complexity index is 743. The van der Waals surface area contributed by atoms with Crippen molar-refractivity contribution in [3.05, 3.63) is 59.2 Å². The smallest absolute Gasteiger partial charge is 0.251 e. The standard InChI is InChI=1S/C16H14F2N2O3/c1-9-2-3-13(7-14(9)21)20-15(22)8-19-16(23)10-4-11(17)6-12(18)5-10/h2-7,21H,8H2,1H3,(H,19,23)(H,20,22). The van der Waals surface area contributed by atoms with Crippen molar-refractivity contribution in [3.63, 3.8) is 0 Å². The van der Waals surface area contributed by atoms with Crippen molar-refractivity contribution < 1.29 is 23.5 Å². The van der Waals surface area contributed by atoms with Gasteiger partial charge in [-0.3, -0.25) is 9.59 Å². The molecule has 0 bridgehead atoms. The van der Waals surface area contributed by atoms with Gasteiger partial charge in [-0.1, -0.05) is 6.07 Å². The second-order valence-electron chi connectivity index (χ2n) is 4.89. The fraction of sp³-hybridized carbons (Fsp3) is 0.125. The highest BCUT2D eigenvalue weighted by molar-refractivity contribution is 5.99. The Kier molecular flexibility index (Phi) is 4.90. The first-order chi connectivity index (χ1) is 10.8. The largest absolute Gasteiger partial charge is 0.508 e. The lowest BCUT2D eigenvalue weighted by Crippen LogP contribution is -2.32. The summed E-state index contributed by atoms with van der Waals surface area (Å²) in [5.74, 6) is -3.05. The Morgan fingerprint density at radius 2 is 1.74 bits per heavy atom. The Morgan fingerprint density at radius 3 is 2.35 bits per heavy atom. The summed E-state index contributed by atoms with van der Waals surface area (Å²) in [4.78, 5) is 23.5. The van der Waals surface area contributed by atoms with Gasteiger partial charge in [0.2, 0.25) is 5.91 Å². The van der Waals surface area contributed by atoms with Gasteiger partial charge in [0.05, 0.1) is 6.54 Å². The molecule has 23 heavy (non-hydrogen) atoms. The lowest BCUT2D eigenvalue weighted by atomic mass is 10.2. The highest BCUT2D eigenvalue weighted by Gasteiger charge is 2.11. The molecule has 5 nitrogen and oxygen atoms in total. The van der Waals surface area contributed by atoms with Gasteiger partial charge in [0.1, 0.15) is 17.4 Å². The minimum atomic E-state index is -0.880. The van der Waals surface area contributed by atoms with E-state index in [0.29, 0.717) is 17.3 Å². The Balaban J connectivity index is 1.93. The van der Waals surface area contributed by atoms with Crippen molar-refractivity contribution in [3.8, 4) is 5.75 Å². The van der Waals surface area contributed by atoms with Crippen LogP contribution in [0.2, 0.25) is 0 Å². The third-order valence-electron chi connectivity index (χ3n) is 3.03. The van der Waals surface area contributed by atoms with E-state index in [1.807, 2.05) is 0 Å². The minimum absolute atomic E-state index is 0.0297. The molecule has 0 atom stereocenters. The summed E-state index contributed by atoms with van der Waals surface area (Å²) in [5.41, 5.74) is 0.803. The molecule has 0 saturated carbocycles. The van der Waals surface area contributed by atoms with E-state index in [1.54, 1.807) is 19.1 Å². The van der Waals surface area contributed by atoms with Gasteiger partial charge in [0.15, 0.2) is 0 Å². The van der Waals surface area contributed by atoms with Crippen molar-refractivity contribution in [1.82, 2.24) is 5.32 Å². The van der Waals surface area contributed by atoms with E-state index in [1.165, 1.54) is 6.07 Å². The van der Waals surface area contributed by atoms with Gasteiger partial charge in [-0.25, -0.2) is 8.78 Å². The normalized spacial score (nSPS) is 10.2. The van der Waals surface area contributed by atoms with Gasteiger partial charge >= 0.3 is 0 Å². The molecule has 2 rings (SSSR count). The zero-order valence-corrected chi connectivity index (χ0v) is 12.2. The van der Waals surface area contributed by atoms with Crippen LogP contribution in [0.25, 0.3) is 0 Å². The number of carbonyl (C=O) groups excluding carboxylic acids is 2. The third-order valence-corrected chi connectivity index (χ3v) is 3.03. The second-order valence-corrected chi connectivity index (χ2v) is 4.89. The average Bonchev–Trinajstić information content (AvgIpc) is 2.47. The summed E-state index contributed by atoms with van der Waals surface area (Å²) in [7, 11) is 0. The fourth-order valence-electron chi connectivity index (χ4n) is 1.84. The molecular weight excluding hydrogens is 306 g/mol. The molecule has 3 N–H and O–H groups in total. The Morgan fingerprint density at radius 1 is 1.09 bits per heavy atom. The van der Waals surface area contributed by atoms with E-state index in [2.05, 4.69) is 10.6 Å². The van der Waals surface area contributed by atoms with E-state index in [9.17, 15) is 23.5 Å². The first-order valence-electron chi connectivity index (χ1n) is 6.69. The number of nitrogens with one attached hydrogen (secondary N) is 2. The van der Waals surface area contributed by atoms with Crippen LogP contribution in [0.5, 0.6) is 5.75 Å². The van der Waals surface area contributed by atoms with Crippen LogP contribution in [0.3, 0.4) is 0 Å². The van der Waals surface area contributed by atoms with E-state index in [-0.39, 0.29) is 17.9 Å². The van der Waals surface area contributed by atoms with Crippen molar-refractivity contribution in [2.24, 2.45) is 0 Å². The zero-order valence-electron chi connectivity index (χ0n) is 12.2. The van der Waals surface area contributed by atoms with Crippen LogP contribution in [0.1, 0.15) is 15.9 Å². The molecule has 7 heteroatoms. The molecule has 0 unspecified atom stereocenters. The maximum absolute atomic E-state index is 13.0. The van der Waals surface area contributed by atoms with E-state index >= 15 is 0 Å². The molecule has 0 saturated heterocycles. The number of hydrogen-bond donors (Lipinski definition) is 3. The molecule has 2 aromatic rings. The molecule has 0 aliphatic rings. The van der Waals surface area contributed by atoms with Crippen molar-refractivity contribution >= 4 is 17.5 Å². The number of benzene rings is 2. The summed E-state index contributed by atoms with van der Waals surface area (Å²) in [6.07, 6.45) is 0. The van der Waals surface area contributed by atoms with Crippen LogP contribution in [0, 0.1) is 18.6 Å². The van der Waals surface area contributed by atoms with Crippen LogP contribution >= 0.6 is 0 Å². The van der Waals surface area contributed by atoms with Crippen molar-refractivity contribution in [1.29, 1.82) is 0 Å². The van der Waals surface area contributed by atoms with E-state index in [4.69, 9.17) is 0 Å². The average molecular weight is 320 g/mol. The van der Waals surface area contributed by atoms with Crippen molar-refractivity contribution in [2.75, 3.05) is 11.9 Å². The van der Waals surface area contributed by atoms with Crippen LogP contribution in [-0.4, -0.2) is 23.5 Å². The Hall–Kier alpha value is -2.96. The van der Waals surface area contributed by atoms with Gasteiger partial charge in [0, 0.05) is 23.4 Å². The topological polar surface area (TPSA) is 78.4 Å². The van der Waals surface area contributed by atoms with Crippen LogP contribution in [0.4, 0.5) is 14.5 Å². The van der Waals surface area contributed by atoms with Gasteiger partial charge in [0.25, 0.3) is 5.91 Å². The van der Waals surface area contributed by atoms with Gasteiger partial charge in [-0.2, -0.15) is 0 Å². The van der Waals surface area contributed by atoms with Crippen LogP contribution in [-0.2, 0) is 4.79 Å². The molecule has 0 aliphatic carbocycles. The fourth-order valence-corrected chi connectivity index (χ4v) is 1.84. The second kappa shape index (κ2) is 6.87.